The van der Waals surface area contributed by atoms with Crippen molar-refractivity contribution < 1.29 is 8.78 Å². The second-order valence-corrected chi connectivity index (χ2v) is 1.65. The van der Waals surface area contributed by atoms with Gasteiger partial charge < -0.3 is 0 Å². The van der Waals surface area contributed by atoms with Gasteiger partial charge >= 0.3 is 0 Å². The van der Waals surface area contributed by atoms with Gasteiger partial charge in [-0.1, -0.05) is 11.6 Å². The van der Waals surface area contributed by atoms with Gasteiger partial charge in [-0.05, 0) is 0 Å². The molecule has 1 aromatic heterocycles. The largest absolute Gasteiger partial charge is 0.237 e. The molecule has 0 N–H and O–H groups in total. The van der Waals surface area contributed by atoms with Crippen molar-refractivity contribution in [2.75, 3.05) is 0 Å². The predicted molar refractivity (Wildman–Crippen MR) is 27.0 cm³/mol. The van der Waals surface area contributed by atoms with Crippen molar-refractivity contribution in [3.63, 3.8) is 0 Å². The molecule has 5 heteroatoms. The molecule has 0 atom stereocenters. The van der Waals surface area contributed by atoms with Gasteiger partial charge in [-0.3, -0.25) is 0 Å². The maximum absolute atomic E-state index is 12.1. The number of nitrogens with zero attached hydrogens (tertiary/aromatic N) is 2. The second-order valence-electron chi connectivity index (χ2n) is 1.27. The summed E-state index contributed by atoms with van der Waals surface area (Å²) >= 11 is 5.00. The summed E-state index contributed by atoms with van der Waals surface area (Å²) in [5.41, 5.74) is 0. The highest BCUT2D eigenvalue weighted by atomic mass is 35.5. The van der Waals surface area contributed by atoms with Crippen LogP contribution in [-0.4, -0.2) is 9.97 Å². The van der Waals surface area contributed by atoms with Crippen LogP contribution in [0.1, 0.15) is 0 Å². The van der Waals surface area contributed by atoms with E-state index in [1.807, 2.05) is 0 Å². The minimum Gasteiger partial charge on any atom is -0.207 e. The van der Waals surface area contributed by atoms with Crippen LogP contribution in [0.25, 0.3) is 0 Å². The van der Waals surface area contributed by atoms with Crippen LogP contribution in [-0.2, 0) is 0 Å². The van der Waals surface area contributed by atoms with Gasteiger partial charge in [-0.25, -0.2) is 9.97 Å². The summed E-state index contributed by atoms with van der Waals surface area (Å²) in [5, 5.41) is -0.669. The Balaban J connectivity index is 3.25. The molecule has 0 saturated carbocycles. The molecule has 1 heterocycles. The molecule has 2 nitrogen and oxygen atoms in total. The zero-order valence-corrected chi connectivity index (χ0v) is 4.86. The Morgan fingerprint density at radius 1 is 1.22 bits per heavy atom. The Morgan fingerprint density at radius 2 is 1.67 bits per heavy atom. The van der Waals surface area contributed by atoms with E-state index in [1.165, 1.54) is 0 Å². The predicted octanol–water partition coefficient (Wildman–Crippen LogP) is 1.41. The molecular formula is C4HClF2N2. The molecule has 0 aliphatic carbocycles. The highest BCUT2D eigenvalue weighted by Crippen LogP contribution is 2.12. The van der Waals surface area contributed by atoms with Crippen LogP contribution in [0.3, 0.4) is 0 Å². The molecular weight excluding hydrogens is 150 g/mol. The number of aromatic nitrogens is 2. The Labute approximate surface area is 54.5 Å². The van der Waals surface area contributed by atoms with Crippen LogP contribution < -0.4 is 0 Å². The maximum atomic E-state index is 12.1. The van der Waals surface area contributed by atoms with Crippen molar-refractivity contribution in [3.05, 3.63) is 23.2 Å². The van der Waals surface area contributed by atoms with Crippen molar-refractivity contribution >= 4 is 11.6 Å². The lowest BCUT2D eigenvalue weighted by Gasteiger charge is -1.89. The fourth-order valence-corrected chi connectivity index (χ4v) is 0.426. The first-order valence-corrected chi connectivity index (χ1v) is 2.41. The normalized spacial score (nSPS) is 9.67. The van der Waals surface area contributed by atoms with Gasteiger partial charge in [-0.15, -0.1) is 0 Å². The van der Waals surface area contributed by atoms with Crippen molar-refractivity contribution in [1.29, 1.82) is 0 Å². The minimum atomic E-state index is -1.04. The van der Waals surface area contributed by atoms with Crippen LogP contribution in [0.2, 0.25) is 5.02 Å². The molecule has 0 aromatic carbocycles. The van der Waals surface area contributed by atoms with Gasteiger partial charge in [0.05, 0.1) is 0 Å². The van der Waals surface area contributed by atoms with Crippen molar-refractivity contribution in [2.24, 2.45) is 0 Å². The number of hydrogen-bond acceptors (Lipinski definition) is 2. The van der Waals surface area contributed by atoms with Crippen molar-refractivity contribution in [1.82, 2.24) is 9.97 Å². The van der Waals surface area contributed by atoms with E-state index in [1.54, 1.807) is 0 Å². The van der Waals surface area contributed by atoms with E-state index in [2.05, 4.69) is 9.97 Å². The van der Waals surface area contributed by atoms with Gasteiger partial charge in [0.1, 0.15) is 6.33 Å². The smallest absolute Gasteiger partial charge is 0.207 e. The average molecular weight is 151 g/mol. The summed E-state index contributed by atoms with van der Waals surface area (Å²) in [6, 6.07) is 0. The summed E-state index contributed by atoms with van der Waals surface area (Å²) in [7, 11) is 0. The molecule has 0 bridgehead atoms. The molecule has 0 saturated heterocycles. The fraction of sp³-hybridized carbons (Fsp3) is 0. The number of rotatable bonds is 0. The lowest BCUT2D eigenvalue weighted by molar-refractivity contribution is 0.525. The van der Waals surface area contributed by atoms with Crippen molar-refractivity contribution in [3.8, 4) is 0 Å². The van der Waals surface area contributed by atoms with Crippen LogP contribution in [0.5, 0.6) is 0 Å². The summed E-state index contributed by atoms with van der Waals surface area (Å²) in [6.07, 6.45) is 0.760. The van der Waals surface area contributed by atoms with E-state index in [4.69, 9.17) is 11.6 Å². The van der Waals surface area contributed by atoms with Gasteiger partial charge in [0.15, 0.2) is 5.02 Å². The van der Waals surface area contributed by atoms with Gasteiger partial charge in [-0.2, -0.15) is 8.78 Å². The van der Waals surface area contributed by atoms with Crippen LogP contribution in [0, 0.1) is 11.9 Å². The fourth-order valence-electron chi connectivity index (χ4n) is 0.329. The SMILES string of the molecule is Fc1ncnc(F)c1Cl. The summed E-state index contributed by atoms with van der Waals surface area (Å²) in [4.78, 5) is 5.98. The van der Waals surface area contributed by atoms with Crippen molar-refractivity contribution in [2.45, 2.75) is 0 Å². The molecule has 0 fully saturated rings. The Hall–Kier alpha value is -0.770. The highest BCUT2D eigenvalue weighted by molar-refractivity contribution is 6.30. The standard InChI is InChI=1S/C4HClF2N2/c5-2-3(6)8-1-9-4(2)7/h1H. The summed E-state index contributed by atoms with van der Waals surface area (Å²) in [5.74, 6) is -2.08. The van der Waals surface area contributed by atoms with Crippen LogP contribution >= 0.6 is 11.6 Å². The maximum Gasteiger partial charge on any atom is 0.237 e. The number of halogens is 3. The van der Waals surface area contributed by atoms with E-state index >= 15 is 0 Å². The highest BCUT2D eigenvalue weighted by Gasteiger charge is 2.05. The second kappa shape index (κ2) is 2.23. The Morgan fingerprint density at radius 3 is 2.00 bits per heavy atom. The number of hydrogen-bond donors (Lipinski definition) is 0. The first-order valence-electron chi connectivity index (χ1n) is 2.03. The molecule has 1 rings (SSSR count). The Bertz CT molecular complexity index is 208. The summed E-state index contributed by atoms with van der Waals surface area (Å²) < 4.78 is 24.1. The van der Waals surface area contributed by atoms with E-state index in [-0.39, 0.29) is 0 Å². The van der Waals surface area contributed by atoms with E-state index in [0.717, 1.165) is 6.33 Å². The van der Waals surface area contributed by atoms with E-state index < -0.39 is 16.9 Å². The zero-order chi connectivity index (χ0) is 6.85. The first-order chi connectivity index (χ1) is 4.22. The molecule has 0 amide bonds. The van der Waals surface area contributed by atoms with Crippen LogP contribution in [0.4, 0.5) is 8.78 Å². The minimum absolute atomic E-state index is 0.669. The van der Waals surface area contributed by atoms with Gasteiger partial charge in [0.25, 0.3) is 0 Å². The molecule has 0 spiro atoms. The zero-order valence-electron chi connectivity index (χ0n) is 4.11. The molecule has 0 radical (unpaired) electrons. The van der Waals surface area contributed by atoms with Crippen LogP contribution in [0.15, 0.2) is 6.33 Å². The lowest BCUT2D eigenvalue weighted by Crippen LogP contribution is -1.90. The monoisotopic (exact) mass is 150 g/mol. The molecule has 9 heavy (non-hydrogen) atoms. The third kappa shape index (κ3) is 1.13. The molecule has 0 aliphatic rings. The third-order valence-electron chi connectivity index (χ3n) is 0.704. The summed E-state index contributed by atoms with van der Waals surface area (Å²) in [6.45, 7) is 0. The van der Waals surface area contributed by atoms with E-state index in [0.29, 0.717) is 0 Å². The molecule has 0 aliphatic heterocycles. The third-order valence-corrected chi connectivity index (χ3v) is 1.02. The topological polar surface area (TPSA) is 25.8 Å². The van der Waals surface area contributed by atoms with Gasteiger partial charge in [0.2, 0.25) is 11.9 Å². The first kappa shape index (κ1) is 6.35. The van der Waals surface area contributed by atoms with E-state index in [9.17, 15) is 8.78 Å². The average Bonchev–Trinajstić information content (AvgIpc) is 1.83. The lowest BCUT2D eigenvalue weighted by atomic mass is 10.6. The Kier molecular flexibility index (Phi) is 1.57. The molecule has 48 valence electrons. The molecule has 0 unspecified atom stereocenters. The quantitative estimate of drug-likeness (QED) is 0.523. The van der Waals surface area contributed by atoms with Gasteiger partial charge in [0, 0.05) is 0 Å². The molecule has 1 aromatic rings.